The molecule has 0 unspecified atom stereocenters. The number of amides is 2. The van der Waals surface area contributed by atoms with Gasteiger partial charge < -0.3 is 25.2 Å². The first-order valence-electron chi connectivity index (χ1n) is 18.6. The average Bonchev–Trinajstić information content (AvgIpc) is 3.11. The minimum Gasteiger partial charge on any atom is -0.392 e. The van der Waals surface area contributed by atoms with Gasteiger partial charge in [0.25, 0.3) is 0 Å². The lowest BCUT2D eigenvalue weighted by Gasteiger charge is -2.56. The van der Waals surface area contributed by atoms with E-state index in [0.29, 0.717) is 0 Å². The molecule has 262 valence electrons. The lowest BCUT2D eigenvalue weighted by atomic mass is 9.53. The van der Waals surface area contributed by atoms with Gasteiger partial charge in [0.05, 0.1) is 18.8 Å². The van der Waals surface area contributed by atoms with Gasteiger partial charge in [-0.25, -0.2) is 4.79 Å². The first kappa shape index (κ1) is 33.4. The number of carbonyl (C=O) groups excluding carboxylic acids is 1. The fourth-order valence-corrected chi connectivity index (χ4v) is 9.88. The Morgan fingerprint density at radius 3 is 2.16 bits per heavy atom. The number of benzene rings is 4. The van der Waals surface area contributed by atoms with Crippen LogP contribution >= 0.6 is 0 Å². The summed E-state index contributed by atoms with van der Waals surface area (Å²) in [5, 5.41) is 18.7. The summed E-state index contributed by atoms with van der Waals surface area (Å²) < 4.78 is 13.5. The van der Waals surface area contributed by atoms with Crippen molar-refractivity contribution in [2.24, 2.45) is 23.7 Å². The average molecular weight is 674 g/mol. The fraction of sp³-hybridized carbons (Fsp3) is 0.465. The smallest absolute Gasteiger partial charge is 0.319 e. The third-order valence-electron chi connectivity index (χ3n) is 12.4. The van der Waals surface area contributed by atoms with Crippen LogP contribution in [0.1, 0.15) is 93.1 Å². The van der Waals surface area contributed by atoms with E-state index in [9.17, 15) is 9.90 Å². The maximum Gasteiger partial charge on any atom is 0.319 e. The first-order chi connectivity index (χ1) is 24.2. The van der Waals surface area contributed by atoms with Crippen molar-refractivity contribution in [2.75, 3.05) is 18.9 Å². The number of hydrogen-bond acceptors (Lipinski definition) is 5. The number of anilines is 1. The highest BCUT2D eigenvalue weighted by Crippen LogP contribution is 2.55. The highest BCUT2D eigenvalue weighted by Gasteiger charge is 2.51. The van der Waals surface area contributed by atoms with Gasteiger partial charge in [-0.15, -0.1) is 0 Å². The van der Waals surface area contributed by atoms with Gasteiger partial charge in [0.15, 0.2) is 6.29 Å². The van der Waals surface area contributed by atoms with Crippen molar-refractivity contribution in [3.63, 3.8) is 0 Å². The molecule has 0 radical (unpaired) electrons. The molecule has 5 atom stereocenters. The summed E-state index contributed by atoms with van der Waals surface area (Å²) in [5.74, 6) is 2.41. The Balaban J connectivity index is 0.975. The fourth-order valence-electron chi connectivity index (χ4n) is 9.88. The molecule has 0 aromatic heterocycles. The van der Waals surface area contributed by atoms with Crippen LogP contribution in [0.15, 0.2) is 91.0 Å². The normalized spacial score (nSPS) is 30.8. The molecule has 4 aromatic rings. The van der Waals surface area contributed by atoms with Crippen LogP contribution in [0, 0.1) is 23.7 Å². The number of carbonyl (C=O) groups is 1. The third kappa shape index (κ3) is 6.81. The molecule has 4 saturated carbocycles. The molecule has 9 rings (SSSR count). The van der Waals surface area contributed by atoms with E-state index in [1.807, 2.05) is 36.4 Å². The molecule has 7 heteroatoms. The van der Waals surface area contributed by atoms with Crippen LogP contribution in [0.5, 0.6) is 0 Å². The zero-order valence-electron chi connectivity index (χ0n) is 29.6. The Bertz CT molecular complexity index is 1770. The zero-order chi connectivity index (χ0) is 34.4. The molecule has 1 aliphatic heterocycles. The number of hydrogen-bond donors (Lipinski definition) is 3. The second-order valence-corrected chi connectivity index (χ2v) is 15.9. The number of nitrogens with one attached hydrogen (secondary N) is 2. The lowest BCUT2D eigenvalue weighted by Crippen LogP contribution is -2.60. The molecular weight excluding hydrogens is 622 g/mol. The quantitative estimate of drug-likeness (QED) is 0.165. The summed E-state index contributed by atoms with van der Waals surface area (Å²) in [5.41, 5.74) is 4.86. The summed E-state index contributed by atoms with van der Waals surface area (Å²) in [6, 6.07) is 31.3. The maximum atomic E-state index is 13.2. The van der Waals surface area contributed by atoms with Crippen LogP contribution in [-0.4, -0.2) is 41.3 Å². The molecule has 1 saturated heterocycles. The zero-order valence-corrected chi connectivity index (χ0v) is 29.6. The van der Waals surface area contributed by atoms with E-state index in [4.69, 9.17) is 9.47 Å². The molecule has 4 aliphatic carbocycles. The molecule has 4 aromatic carbocycles. The van der Waals surface area contributed by atoms with Crippen molar-refractivity contribution < 1.29 is 19.4 Å². The van der Waals surface area contributed by atoms with Crippen molar-refractivity contribution >= 4 is 22.5 Å². The predicted octanol–water partition coefficient (Wildman–Crippen LogP) is 8.91. The molecular formula is C43H51N3O4. The Morgan fingerprint density at radius 1 is 0.860 bits per heavy atom. The van der Waals surface area contributed by atoms with E-state index in [0.717, 1.165) is 65.9 Å². The van der Waals surface area contributed by atoms with Gasteiger partial charge in [0, 0.05) is 35.3 Å². The van der Waals surface area contributed by atoms with Crippen LogP contribution in [0.25, 0.3) is 10.8 Å². The number of likely N-dealkylation sites (N-methyl/N-ethyl adjacent to an activating group) is 1. The van der Waals surface area contributed by atoms with Gasteiger partial charge in [-0.1, -0.05) is 79.7 Å². The van der Waals surface area contributed by atoms with Crippen molar-refractivity contribution in [3.05, 3.63) is 113 Å². The predicted molar refractivity (Wildman–Crippen MR) is 197 cm³/mol. The molecule has 2 amide bonds. The Hall–Kier alpha value is -3.75. The first-order valence-corrected chi connectivity index (χ1v) is 18.6. The number of aliphatic hydroxyl groups excluding tert-OH is 1. The van der Waals surface area contributed by atoms with E-state index in [-0.39, 0.29) is 42.3 Å². The topological polar surface area (TPSA) is 83.1 Å². The summed E-state index contributed by atoms with van der Waals surface area (Å²) in [6.45, 7) is 5.19. The standard InChI is InChI=1S/C43H51N3O4/c1-27-39(25-46(3)28(2)36-13-12-33-6-4-5-7-37(33)21-36)49-41(50-40(27)34-10-8-29(26-47)9-11-34)35-14-16-38(17-15-35)44-42(48)45-43-22-30-18-31(23-43)20-32(19-30)24-43/h4-17,21,27-28,30-32,39-41,47H,18-20,22-26H2,1-3H3,(H2,44,45,48)/t27-,28+,30?,31?,32?,39+,40+,41+,43?/m0/s1. The van der Waals surface area contributed by atoms with E-state index in [2.05, 4.69) is 91.0 Å². The van der Waals surface area contributed by atoms with Gasteiger partial charge in [-0.2, -0.15) is 0 Å². The van der Waals surface area contributed by atoms with E-state index < -0.39 is 6.29 Å². The monoisotopic (exact) mass is 673 g/mol. The second kappa shape index (κ2) is 13.8. The highest BCUT2D eigenvalue weighted by atomic mass is 16.7. The van der Waals surface area contributed by atoms with Gasteiger partial charge in [0.1, 0.15) is 0 Å². The minimum absolute atomic E-state index is 0.00806. The van der Waals surface area contributed by atoms with Crippen molar-refractivity contribution in [3.8, 4) is 0 Å². The summed E-state index contributed by atoms with van der Waals surface area (Å²) >= 11 is 0. The molecule has 3 N–H and O–H groups in total. The third-order valence-corrected chi connectivity index (χ3v) is 12.4. The maximum absolute atomic E-state index is 13.2. The molecule has 4 bridgehead atoms. The molecule has 5 fully saturated rings. The largest absolute Gasteiger partial charge is 0.392 e. The number of urea groups is 1. The SMILES string of the molecule is C[C@H]1[C@@H](CN(C)[C@H](C)c2ccc3ccccc3c2)O[C@@H](c2ccc(NC(=O)NC34CC5CC(CC(C5)C3)C4)cc2)O[C@H]1c1ccc(CO)cc1. The lowest BCUT2D eigenvalue weighted by molar-refractivity contribution is -0.276. The number of fused-ring (bicyclic) bond motifs is 1. The van der Waals surface area contributed by atoms with E-state index >= 15 is 0 Å². The number of nitrogens with zero attached hydrogens (tertiary/aromatic N) is 1. The number of aliphatic hydroxyl groups is 1. The van der Waals surface area contributed by atoms with Gasteiger partial charge in [0.2, 0.25) is 0 Å². The van der Waals surface area contributed by atoms with E-state index in [1.54, 1.807) is 0 Å². The van der Waals surface area contributed by atoms with Crippen molar-refractivity contribution in [1.82, 2.24) is 10.2 Å². The Labute approximate surface area is 296 Å². The Morgan fingerprint density at radius 2 is 1.50 bits per heavy atom. The van der Waals surface area contributed by atoms with Crippen LogP contribution in [-0.2, 0) is 16.1 Å². The van der Waals surface area contributed by atoms with Crippen molar-refractivity contribution in [1.29, 1.82) is 0 Å². The molecule has 5 aliphatic rings. The van der Waals surface area contributed by atoms with Gasteiger partial charge in [-0.05, 0) is 116 Å². The molecule has 1 heterocycles. The summed E-state index contributed by atoms with van der Waals surface area (Å²) in [7, 11) is 2.17. The van der Waals surface area contributed by atoms with Crippen LogP contribution in [0.3, 0.4) is 0 Å². The number of ether oxygens (including phenoxy) is 2. The number of rotatable bonds is 9. The van der Waals surface area contributed by atoms with E-state index in [1.165, 1.54) is 35.6 Å². The molecule has 0 spiro atoms. The highest BCUT2D eigenvalue weighted by molar-refractivity contribution is 5.89. The Kier molecular flexibility index (Phi) is 9.19. The minimum atomic E-state index is -0.571. The second-order valence-electron chi connectivity index (χ2n) is 15.9. The summed E-state index contributed by atoms with van der Waals surface area (Å²) in [4.78, 5) is 15.6. The van der Waals surface area contributed by atoms with Crippen LogP contribution in [0.2, 0.25) is 0 Å². The summed E-state index contributed by atoms with van der Waals surface area (Å²) in [6.07, 6.45) is 6.56. The van der Waals surface area contributed by atoms with Crippen LogP contribution < -0.4 is 10.6 Å². The molecule has 7 nitrogen and oxygen atoms in total. The molecule has 50 heavy (non-hydrogen) atoms. The van der Waals surface area contributed by atoms with Gasteiger partial charge >= 0.3 is 6.03 Å². The van der Waals surface area contributed by atoms with Crippen LogP contribution in [0.4, 0.5) is 10.5 Å². The van der Waals surface area contributed by atoms with Gasteiger partial charge in [-0.3, -0.25) is 4.90 Å². The van der Waals surface area contributed by atoms with Crippen molar-refractivity contribution in [2.45, 2.75) is 89.1 Å².